The van der Waals surface area contributed by atoms with Gasteiger partial charge < -0.3 is 10.6 Å². The van der Waals surface area contributed by atoms with Crippen LogP contribution < -0.4 is 10.6 Å². The van der Waals surface area contributed by atoms with E-state index in [1.165, 1.54) is 31.4 Å². The number of hydrogen-bond acceptors (Lipinski definition) is 3. The number of nitrogens with zero attached hydrogens (tertiary/aromatic N) is 2. The normalized spacial score (nSPS) is 18.3. The molecule has 0 radical (unpaired) electrons. The Morgan fingerprint density at radius 1 is 1.41 bits per heavy atom. The topological polar surface area (TPSA) is 42.1 Å². The van der Waals surface area contributed by atoms with Crippen LogP contribution in [0.25, 0.3) is 0 Å². The Balaban J connectivity index is 1.96. The van der Waals surface area contributed by atoms with E-state index in [1.54, 1.807) is 0 Å². The van der Waals surface area contributed by atoms with Crippen LogP contribution in [0.3, 0.4) is 0 Å². The highest BCUT2D eigenvalue weighted by molar-refractivity contribution is 5.43. The number of anilines is 1. The Morgan fingerprint density at radius 3 is 2.65 bits per heavy atom. The first-order valence-electron chi connectivity index (χ1n) is 6.59. The third kappa shape index (κ3) is 3.19. The fraction of sp³-hybridized carbons (Fsp3) is 0.643. The van der Waals surface area contributed by atoms with Crippen LogP contribution in [-0.2, 0) is 0 Å². The summed E-state index contributed by atoms with van der Waals surface area (Å²) in [7, 11) is 2.15. The summed E-state index contributed by atoms with van der Waals surface area (Å²) < 4.78 is 0. The van der Waals surface area contributed by atoms with Gasteiger partial charge in [-0.2, -0.15) is 0 Å². The lowest BCUT2D eigenvalue weighted by atomic mass is 10.1. The van der Waals surface area contributed by atoms with Crippen molar-refractivity contribution in [3.63, 3.8) is 0 Å². The molecule has 1 saturated carbocycles. The molecule has 2 rings (SSSR count). The van der Waals surface area contributed by atoms with E-state index >= 15 is 0 Å². The van der Waals surface area contributed by atoms with Gasteiger partial charge in [-0.25, -0.2) is 0 Å². The van der Waals surface area contributed by atoms with E-state index in [1.807, 2.05) is 19.2 Å². The monoisotopic (exact) mass is 233 g/mol. The molecule has 0 saturated heterocycles. The molecule has 0 amide bonds. The molecular weight excluding hydrogens is 210 g/mol. The molecule has 1 heterocycles. The van der Waals surface area contributed by atoms with Crippen LogP contribution in [0, 0.1) is 5.92 Å². The van der Waals surface area contributed by atoms with Crippen molar-refractivity contribution < 1.29 is 0 Å². The first-order chi connectivity index (χ1) is 8.16. The Morgan fingerprint density at radius 2 is 2.12 bits per heavy atom. The second kappa shape index (κ2) is 5.50. The van der Waals surface area contributed by atoms with Gasteiger partial charge in [-0.05, 0) is 37.8 Å². The molecular formula is C14H23N3. The van der Waals surface area contributed by atoms with Crippen molar-refractivity contribution in [3.05, 3.63) is 24.0 Å². The zero-order valence-corrected chi connectivity index (χ0v) is 10.9. The average Bonchev–Trinajstić information content (AvgIpc) is 2.82. The summed E-state index contributed by atoms with van der Waals surface area (Å²) in [6.45, 7) is 3.11. The van der Waals surface area contributed by atoms with Crippen molar-refractivity contribution in [1.82, 2.24) is 4.98 Å². The Hall–Kier alpha value is -1.09. The van der Waals surface area contributed by atoms with Gasteiger partial charge in [0, 0.05) is 19.6 Å². The fourth-order valence-corrected chi connectivity index (χ4v) is 2.58. The van der Waals surface area contributed by atoms with Gasteiger partial charge in [-0.1, -0.05) is 12.8 Å². The van der Waals surface area contributed by atoms with E-state index in [4.69, 9.17) is 5.73 Å². The highest BCUT2D eigenvalue weighted by Crippen LogP contribution is 2.26. The van der Waals surface area contributed by atoms with Crippen molar-refractivity contribution >= 4 is 5.69 Å². The first kappa shape index (κ1) is 12.4. The molecule has 1 aliphatic carbocycles. The lowest BCUT2D eigenvalue weighted by Crippen LogP contribution is -2.24. The van der Waals surface area contributed by atoms with E-state index in [0.29, 0.717) is 0 Å². The molecule has 1 aromatic heterocycles. The zero-order chi connectivity index (χ0) is 12.3. The number of pyridine rings is 1. The van der Waals surface area contributed by atoms with Crippen LogP contribution in [-0.4, -0.2) is 18.6 Å². The Kier molecular flexibility index (Phi) is 4.00. The maximum atomic E-state index is 5.80. The van der Waals surface area contributed by atoms with Gasteiger partial charge in [-0.15, -0.1) is 0 Å². The van der Waals surface area contributed by atoms with Gasteiger partial charge in [0.25, 0.3) is 0 Å². The third-order valence-corrected chi connectivity index (χ3v) is 3.68. The summed E-state index contributed by atoms with van der Waals surface area (Å²) in [6.07, 6.45) is 7.51. The van der Waals surface area contributed by atoms with Gasteiger partial charge in [-0.3, -0.25) is 4.98 Å². The van der Waals surface area contributed by atoms with Crippen LogP contribution in [0.1, 0.15) is 44.3 Å². The van der Waals surface area contributed by atoms with Gasteiger partial charge in [0.2, 0.25) is 0 Å². The predicted molar refractivity (Wildman–Crippen MR) is 72.1 cm³/mol. The van der Waals surface area contributed by atoms with Gasteiger partial charge in [0.05, 0.1) is 17.6 Å². The van der Waals surface area contributed by atoms with Crippen LogP contribution in [0.2, 0.25) is 0 Å². The van der Waals surface area contributed by atoms with E-state index < -0.39 is 0 Å². The SMILES string of the molecule is C[C@H](N)c1ccc(N(C)CC2CCCC2)cn1. The van der Waals surface area contributed by atoms with Crippen molar-refractivity contribution in [2.24, 2.45) is 11.7 Å². The molecule has 0 aliphatic heterocycles. The fourth-order valence-electron chi connectivity index (χ4n) is 2.58. The van der Waals surface area contributed by atoms with Crippen LogP contribution >= 0.6 is 0 Å². The number of nitrogens with two attached hydrogens (primary N) is 1. The minimum absolute atomic E-state index is 0.0178. The van der Waals surface area contributed by atoms with Crippen LogP contribution in [0.15, 0.2) is 18.3 Å². The first-order valence-corrected chi connectivity index (χ1v) is 6.59. The van der Waals surface area contributed by atoms with Gasteiger partial charge >= 0.3 is 0 Å². The second-order valence-corrected chi connectivity index (χ2v) is 5.26. The molecule has 1 atom stereocenters. The molecule has 3 nitrogen and oxygen atoms in total. The molecule has 0 unspecified atom stereocenters. The molecule has 17 heavy (non-hydrogen) atoms. The number of aromatic nitrogens is 1. The van der Waals surface area contributed by atoms with Crippen LogP contribution in [0.4, 0.5) is 5.69 Å². The third-order valence-electron chi connectivity index (χ3n) is 3.68. The van der Waals surface area contributed by atoms with Crippen molar-refractivity contribution in [1.29, 1.82) is 0 Å². The largest absolute Gasteiger partial charge is 0.373 e. The molecule has 1 fully saturated rings. The number of hydrogen-bond donors (Lipinski definition) is 1. The molecule has 1 aliphatic rings. The van der Waals surface area contributed by atoms with E-state index in [9.17, 15) is 0 Å². The van der Waals surface area contributed by atoms with Crippen LogP contribution in [0.5, 0.6) is 0 Å². The Labute approximate surface area is 104 Å². The maximum Gasteiger partial charge on any atom is 0.0569 e. The predicted octanol–water partition coefficient (Wildman–Crippen LogP) is 2.73. The lowest BCUT2D eigenvalue weighted by molar-refractivity contribution is 0.546. The second-order valence-electron chi connectivity index (χ2n) is 5.26. The summed E-state index contributed by atoms with van der Waals surface area (Å²) in [6, 6.07) is 4.18. The van der Waals surface area contributed by atoms with E-state index in [0.717, 1.165) is 18.2 Å². The smallest absolute Gasteiger partial charge is 0.0569 e. The zero-order valence-electron chi connectivity index (χ0n) is 10.9. The molecule has 0 aromatic carbocycles. The maximum absolute atomic E-state index is 5.80. The molecule has 3 heteroatoms. The molecule has 1 aromatic rings. The number of rotatable bonds is 4. The summed E-state index contributed by atoms with van der Waals surface area (Å²) in [5, 5.41) is 0. The quantitative estimate of drug-likeness (QED) is 0.869. The molecule has 0 bridgehead atoms. The van der Waals surface area contributed by atoms with Gasteiger partial charge in [0.1, 0.15) is 0 Å². The summed E-state index contributed by atoms with van der Waals surface area (Å²) in [4.78, 5) is 6.72. The van der Waals surface area contributed by atoms with Crippen molar-refractivity contribution in [2.75, 3.05) is 18.5 Å². The standard InChI is InChI=1S/C14H23N3/c1-11(15)14-8-7-13(9-16-14)17(2)10-12-5-3-4-6-12/h7-9,11-12H,3-6,10,15H2,1-2H3/t11-/m0/s1. The molecule has 94 valence electrons. The highest BCUT2D eigenvalue weighted by atomic mass is 15.1. The average molecular weight is 233 g/mol. The van der Waals surface area contributed by atoms with E-state index in [2.05, 4.69) is 23.0 Å². The summed E-state index contributed by atoms with van der Waals surface area (Å²) >= 11 is 0. The van der Waals surface area contributed by atoms with Crippen molar-refractivity contribution in [3.8, 4) is 0 Å². The molecule has 2 N–H and O–H groups in total. The summed E-state index contributed by atoms with van der Waals surface area (Å²) in [5.41, 5.74) is 7.95. The van der Waals surface area contributed by atoms with Gasteiger partial charge in [0.15, 0.2) is 0 Å². The lowest BCUT2D eigenvalue weighted by Gasteiger charge is -2.23. The van der Waals surface area contributed by atoms with E-state index in [-0.39, 0.29) is 6.04 Å². The minimum Gasteiger partial charge on any atom is -0.373 e. The molecule has 0 spiro atoms. The minimum atomic E-state index is 0.0178. The van der Waals surface area contributed by atoms with Crippen molar-refractivity contribution in [2.45, 2.75) is 38.6 Å². The highest BCUT2D eigenvalue weighted by Gasteiger charge is 2.17. The Bertz CT molecular complexity index is 339. The summed E-state index contributed by atoms with van der Waals surface area (Å²) in [5.74, 6) is 0.869.